The molecule has 6 nitrogen and oxygen atoms in total. The van der Waals surface area contributed by atoms with Crippen LogP contribution in [0.5, 0.6) is 0 Å². The van der Waals surface area contributed by atoms with Gasteiger partial charge in [-0.25, -0.2) is 0 Å². The van der Waals surface area contributed by atoms with E-state index in [1.54, 1.807) is 6.08 Å². The van der Waals surface area contributed by atoms with Crippen molar-refractivity contribution in [2.24, 2.45) is 0 Å². The summed E-state index contributed by atoms with van der Waals surface area (Å²) in [5.41, 5.74) is 0. The average Bonchev–Trinajstić information content (AvgIpc) is 3.45. The van der Waals surface area contributed by atoms with Crippen molar-refractivity contribution in [1.29, 1.82) is 0 Å². The van der Waals surface area contributed by atoms with Crippen molar-refractivity contribution < 1.29 is 24.5 Å². The van der Waals surface area contributed by atoms with Crippen molar-refractivity contribution in [3.8, 4) is 0 Å². The Balaban J connectivity index is 3.42. The second-order valence-corrected chi connectivity index (χ2v) is 24.6. The van der Waals surface area contributed by atoms with Gasteiger partial charge in [-0.1, -0.05) is 339 Å². The van der Waals surface area contributed by atoms with E-state index in [1.165, 1.54) is 321 Å². The lowest BCUT2D eigenvalue weighted by Crippen LogP contribution is -2.45. The maximum absolute atomic E-state index is 12.5. The van der Waals surface area contributed by atoms with Crippen molar-refractivity contribution in [3.05, 3.63) is 36.5 Å². The minimum absolute atomic E-state index is 0.00398. The Morgan fingerprint density at radius 3 is 0.937 bits per heavy atom. The molecule has 2 unspecified atom stereocenters. The second-order valence-electron chi connectivity index (χ2n) is 24.6. The molecule has 0 spiro atoms. The van der Waals surface area contributed by atoms with Crippen molar-refractivity contribution in [1.82, 2.24) is 5.32 Å². The first-order chi connectivity index (χ1) is 39.0. The molecule has 0 aliphatic heterocycles. The molecular weight excluding hydrogens is 971 g/mol. The molecule has 0 radical (unpaired) electrons. The lowest BCUT2D eigenvalue weighted by molar-refractivity contribution is -0.143. The van der Waals surface area contributed by atoms with E-state index in [1.807, 2.05) is 6.08 Å². The van der Waals surface area contributed by atoms with Gasteiger partial charge in [0.1, 0.15) is 0 Å². The van der Waals surface area contributed by atoms with E-state index in [0.717, 1.165) is 44.9 Å². The van der Waals surface area contributed by atoms with E-state index in [9.17, 15) is 19.8 Å². The minimum Gasteiger partial charge on any atom is -0.466 e. The summed E-state index contributed by atoms with van der Waals surface area (Å²) >= 11 is 0. The predicted octanol–water partition coefficient (Wildman–Crippen LogP) is 23.1. The van der Waals surface area contributed by atoms with Gasteiger partial charge in [0.25, 0.3) is 0 Å². The minimum atomic E-state index is -0.847. The molecule has 0 fully saturated rings. The molecule has 79 heavy (non-hydrogen) atoms. The van der Waals surface area contributed by atoms with Crippen LogP contribution in [0.2, 0.25) is 0 Å². The van der Waals surface area contributed by atoms with Crippen LogP contribution in [0.1, 0.15) is 393 Å². The number of esters is 1. The first-order valence-electron chi connectivity index (χ1n) is 35.8. The fourth-order valence-corrected chi connectivity index (χ4v) is 11.1. The Labute approximate surface area is 494 Å². The highest BCUT2D eigenvalue weighted by Crippen LogP contribution is 2.18. The first kappa shape index (κ1) is 77.1. The van der Waals surface area contributed by atoms with Gasteiger partial charge in [0, 0.05) is 12.8 Å². The number of unbranched alkanes of at least 4 members (excludes halogenated alkanes) is 52. The summed E-state index contributed by atoms with van der Waals surface area (Å²) < 4.78 is 5.46. The monoisotopic (exact) mass is 1110 g/mol. The van der Waals surface area contributed by atoms with Crippen LogP contribution in [0, 0.1) is 0 Å². The number of aliphatic hydroxyl groups excluding tert-OH is 2. The molecule has 0 saturated carbocycles. The quantitative estimate of drug-likeness (QED) is 0.0320. The van der Waals surface area contributed by atoms with Crippen molar-refractivity contribution >= 4 is 11.9 Å². The highest BCUT2D eigenvalue weighted by atomic mass is 16.5. The molecule has 0 heterocycles. The second kappa shape index (κ2) is 68.6. The van der Waals surface area contributed by atoms with Gasteiger partial charge in [-0.2, -0.15) is 0 Å². The molecule has 6 heteroatoms. The third kappa shape index (κ3) is 65.1. The SMILES string of the molecule is CCCC/C=C\CCCCCCCC(=O)OCCCCCCCCCCCCCC/C=C\CCCCCCCCCCCCCC(=O)NC(CO)C(O)/C=C/CCCCCCCCCCCCCCCCCCCCCCCC. The third-order valence-electron chi connectivity index (χ3n) is 16.6. The molecule has 0 aromatic heterocycles. The van der Waals surface area contributed by atoms with Crippen LogP contribution in [0.4, 0.5) is 0 Å². The molecular formula is C73H139NO5. The molecule has 0 bridgehead atoms. The molecule has 0 aromatic rings. The summed E-state index contributed by atoms with van der Waals surface area (Å²) in [4.78, 5) is 24.5. The van der Waals surface area contributed by atoms with Crippen LogP contribution >= 0.6 is 0 Å². The number of nitrogens with one attached hydrogen (secondary N) is 1. The third-order valence-corrected chi connectivity index (χ3v) is 16.6. The van der Waals surface area contributed by atoms with Crippen molar-refractivity contribution in [2.75, 3.05) is 13.2 Å². The zero-order valence-electron chi connectivity index (χ0n) is 53.4. The number of allylic oxidation sites excluding steroid dienone is 5. The van der Waals surface area contributed by atoms with Gasteiger partial charge in [0.2, 0.25) is 5.91 Å². The fraction of sp³-hybridized carbons (Fsp3) is 0.890. The van der Waals surface area contributed by atoms with Gasteiger partial charge in [0.15, 0.2) is 0 Å². The molecule has 0 aliphatic carbocycles. The maximum atomic E-state index is 12.5. The van der Waals surface area contributed by atoms with Crippen LogP contribution in [0.25, 0.3) is 0 Å². The molecule has 1 amide bonds. The fourth-order valence-electron chi connectivity index (χ4n) is 11.1. The first-order valence-corrected chi connectivity index (χ1v) is 35.8. The van der Waals surface area contributed by atoms with E-state index in [2.05, 4.69) is 43.5 Å². The van der Waals surface area contributed by atoms with Gasteiger partial charge in [-0.3, -0.25) is 9.59 Å². The van der Waals surface area contributed by atoms with Crippen LogP contribution in [-0.2, 0) is 14.3 Å². The Hall–Kier alpha value is -1.92. The topological polar surface area (TPSA) is 95.9 Å². The summed E-state index contributed by atoms with van der Waals surface area (Å²) in [6.45, 7) is 4.90. The number of rotatable bonds is 67. The van der Waals surface area contributed by atoms with E-state index < -0.39 is 12.1 Å². The summed E-state index contributed by atoms with van der Waals surface area (Å²) in [5, 5.41) is 23.3. The van der Waals surface area contributed by atoms with Crippen LogP contribution in [-0.4, -0.2) is 47.4 Å². The zero-order chi connectivity index (χ0) is 57.1. The predicted molar refractivity (Wildman–Crippen MR) is 347 cm³/mol. The molecule has 466 valence electrons. The summed E-state index contributed by atoms with van der Waals surface area (Å²) in [7, 11) is 0. The number of hydrogen-bond acceptors (Lipinski definition) is 5. The number of carbonyl (C=O) groups is 2. The van der Waals surface area contributed by atoms with Gasteiger partial charge in [-0.15, -0.1) is 0 Å². The highest BCUT2D eigenvalue weighted by Gasteiger charge is 2.18. The largest absolute Gasteiger partial charge is 0.466 e. The highest BCUT2D eigenvalue weighted by molar-refractivity contribution is 5.76. The normalized spacial score (nSPS) is 12.7. The maximum Gasteiger partial charge on any atom is 0.305 e. The Morgan fingerprint density at radius 2 is 0.608 bits per heavy atom. The summed E-state index contributed by atoms with van der Waals surface area (Å²) in [6, 6.07) is -0.630. The zero-order valence-corrected chi connectivity index (χ0v) is 53.4. The average molecular weight is 1110 g/mol. The summed E-state index contributed by atoms with van der Waals surface area (Å²) in [6.07, 6.45) is 88.0. The smallest absolute Gasteiger partial charge is 0.305 e. The molecule has 0 aliphatic rings. The van der Waals surface area contributed by atoms with E-state index in [0.29, 0.717) is 19.4 Å². The molecule has 0 aromatic carbocycles. The lowest BCUT2D eigenvalue weighted by atomic mass is 10.0. The number of ether oxygens (including phenoxy) is 1. The lowest BCUT2D eigenvalue weighted by Gasteiger charge is -2.20. The van der Waals surface area contributed by atoms with E-state index >= 15 is 0 Å². The molecule has 2 atom stereocenters. The van der Waals surface area contributed by atoms with Gasteiger partial charge < -0.3 is 20.3 Å². The van der Waals surface area contributed by atoms with Crippen LogP contribution in [0.15, 0.2) is 36.5 Å². The van der Waals surface area contributed by atoms with Crippen LogP contribution < -0.4 is 5.32 Å². The number of aliphatic hydroxyl groups is 2. The number of carbonyl (C=O) groups excluding carboxylic acids is 2. The van der Waals surface area contributed by atoms with E-state index in [4.69, 9.17) is 4.74 Å². The summed E-state index contributed by atoms with van der Waals surface area (Å²) in [5.74, 6) is -0.0608. The number of hydrogen-bond donors (Lipinski definition) is 3. The van der Waals surface area contributed by atoms with Gasteiger partial charge in [-0.05, 0) is 77.0 Å². The number of amides is 1. The van der Waals surface area contributed by atoms with Gasteiger partial charge >= 0.3 is 5.97 Å². The van der Waals surface area contributed by atoms with Crippen molar-refractivity contribution in [2.45, 2.75) is 405 Å². The molecule has 0 saturated heterocycles. The Kier molecular flexibility index (Phi) is 66.9. The molecule has 0 rings (SSSR count). The van der Waals surface area contributed by atoms with Crippen LogP contribution in [0.3, 0.4) is 0 Å². The Morgan fingerprint density at radius 1 is 0.342 bits per heavy atom. The standard InChI is InChI=1S/C73H139NO5/c1-3-5-7-9-11-13-15-16-17-18-19-20-21-27-30-33-36-39-42-46-49-53-57-61-65-71(76)70(69-75)74-72(77)66-62-58-54-50-47-43-40-37-34-31-28-25-23-22-24-26-29-32-35-38-41-44-48-52-56-60-64-68-79-73(78)67-63-59-55-51-45-14-12-10-8-6-4-2/h10,12,22-23,61,65,70-71,75-76H,3-9,11,13-21,24-60,62-64,66-69H2,1-2H3,(H,74,77)/b12-10-,23-22-,65-61+. The van der Waals surface area contributed by atoms with Gasteiger partial charge in [0.05, 0.1) is 25.4 Å². The van der Waals surface area contributed by atoms with Crippen molar-refractivity contribution in [3.63, 3.8) is 0 Å². The Bertz CT molecular complexity index is 1280. The van der Waals surface area contributed by atoms with E-state index in [-0.39, 0.29) is 18.5 Å². The molecule has 3 N–H and O–H groups in total.